The first kappa shape index (κ1) is 13.2. The topological polar surface area (TPSA) is 35.2 Å². The van der Waals surface area contributed by atoms with Crippen molar-refractivity contribution >= 4 is 0 Å². The zero-order valence-electron chi connectivity index (χ0n) is 12.1. The first-order valence-corrected chi connectivity index (χ1v) is 7.07. The van der Waals surface area contributed by atoms with E-state index in [0.29, 0.717) is 6.61 Å². The van der Waals surface area contributed by atoms with Crippen molar-refractivity contribution in [1.29, 1.82) is 0 Å². The van der Waals surface area contributed by atoms with Crippen molar-refractivity contribution in [2.75, 3.05) is 0 Å². The normalized spacial score (nSPS) is 23.4. The van der Waals surface area contributed by atoms with E-state index in [1.807, 2.05) is 30.3 Å². The van der Waals surface area contributed by atoms with Gasteiger partial charge < -0.3 is 10.5 Å². The van der Waals surface area contributed by atoms with Crippen molar-refractivity contribution in [2.24, 2.45) is 11.1 Å². The van der Waals surface area contributed by atoms with Crippen LogP contribution >= 0.6 is 0 Å². The summed E-state index contributed by atoms with van der Waals surface area (Å²) < 4.78 is 5.79. The summed E-state index contributed by atoms with van der Waals surface area (Å²) in [5, 5.41) is 0. The van der Waals surface area contributed by atoms with Crippen molar-refractivity contribution in [3.63, 3.8) is 0 Å². The van der Waals surface area contributed by atoms with Gasteiger partial charge in [-0.05, 0) is 35.1 Å². The molecule has 1 aliphatic rings. The summed E-state index contributed by atoms with van der Waals surface area (Å²) in [5.41, 5.74) is 8.85. The Bertz CT molecular complexity index is 589. The fraction of sp³-hybridized carbons (Fsp3) is 0.333. The van der Waals surface area contributed by atoms with Crippen LogP contribution in [0.25, 0.3) is 0 Å². The molecule has 0 spiro atoms. The van der Waals surface area contributed by atoms with E-state index in [1.54, 1.807) is 0 Å². The molecule has 0 bridgehead atoms. The van der Waals surface area contributed by atoms with E-state index in [9.17, 15) is 0 Å². The highest BCUT2D eigenvalue weighted by molar-refractivity contribution is 5.38. The van der Waals surface area contributed by atoms with Crippen molar-refractivity contribution in [3.05, 3.63) is 65.7 Å². The van der Waals surface area contributed by atoms with Crippen molar-refractivity contribution in [1.82, 2.24) is 0 Å². The summed E-state index contributed by atoms with van der Waals surface area (Å²) >= 11 is 0. The van der Waals surface area contributed by atoms with Crippen LogP contribution < -0.4 is 10.5 Å². The maximum absolute atomic E-state index is 6.42. The molecule has 1 saturated carbocycles. The molecule has 2 heteroatoms. The summed E-state index contributed by atoms with van der Waals surface area (Å²) in [5.74, 6) is 0.889. The molecule has 1 unspecified atom stereocenters. The molecule has 2 aromatic carbocycles. The number of rotatable bonds is 4. The lowest BCUT2D eigenvalue weighted by Crippen LogP contribution is -2.25. The first-order valence-electron chi connectivity index (χ1n) is 7.07. The summed E-state index contributed by atoms with van der Waals surface area (Å²) in [6.07, 6.45) is 1.05. The van der Waals surface area contributed by atoms with Crippen LogP contribution in [0.5, 0.6) is 5.75 Å². The van der Waals surface area contributed by atoms with Crippen LogP contribution in [0.2, 0.25) is 0 Å². The third-order valence-electron chi connectivity index (χ3n) is 4.42. The zero-order chi connectivity index (χ0) is 14.2. The van der Waals surface area contributed by atoms with E-state index in [2.05, 4.69) is 38.1 Å². The van der Waals surface area contributed by atoms with Crippen LogP contribution in [0.1, 0.15) is 31.4 Å². The van der Waals surface area contributed by atoms with Gasteiger partial charge in [-0.25, -0.2) is 0 Å². The lowest BCUT2D eigenvalue weighted by molar-refractivity contribution is 0.306. The van der Waals surface area contributed by atoms with Gasteiger partial charge in [-0.3, -0.25) is 0 Å². The molecular weight excluding hydrogens is 246 g/mol. The van der Waals surface area contributed by atoms with Crippen LogP contribution in [0.15, 0.2) is 54.6 Å². The zero-order valence-corrected chi connectivity index (χ0v) is 12.1. The van der Waals surface area contributed by atoms with Gasteiger partial charge in [0.15, 0.2) is 0 Å². The quantitative estimate of drug-likeness (QED) is 0.913. The Kier molecular flexibility index (Phi) is 3.06. The monoisotopic (exact) mass is 267 g/mol. The van der Waals surface area contributed by atoms with Crippen LogP contribution in [0.4, 0.5) is 0 Å². The second-order valence-corrected chi connectivity index (χ2v) is 6.33. The van der Waals surface area contributed by atoms with Gasteiger partial charge in [-0.15, -0.1) is 0 Å². The SMILES string of the molecule is CC1(C)CC1(N)c1ccc(OCc2ccccc2)cc1. The van der Waals surface area contributed by atoms with Gasteiger partial charge in [-0.2, -0.15) is 0 Å². The van der Waals surface area contributed by atoms with E-state index in [0.717, 1.165) is 12.2 Å². The Morgan fingerprint density at radius 1 is 1.00 bits per heavy atom. The molecule has 0 saturated heterocycles. The first-order chi connectivity index (χ1) is 9.51. The van der Waals surface area contributed by atoms with E-state index in [-0.39, 0.29) is 11.0 Å². The standard InChI is InChI=1S/C18H21NO/c1-17(2)13-18(17,19)15-8-10-16(11-9-15)20-12-14-6-4-3-5-7-14/h3-11H,12-13,19H2,1-2H3. The molecule has 1 atom stereocenters. The van der Waals surface area contributed by atoms with Gasteiger partial charge in [-0.1, -0.05) is 56.3 Å². The molecule has 1 fully saturated rings. The molecule has 3 rings (SSSR count). The molecule has 2 nitrogen and oxygen atoms in total. The number of hydrogen-bond acceptors (Lipinski definition) is 2. The number of benzene rings is 2. The Hall–Kier alpha value is -1.80. The van der Waals surface area contributed by atoms with E-state index < -0.39 is 0 Å². The molecule has 2 aromatic rings. The minimum Gasteiger partial charge on any atom is -0.489 e. The number of nitrogens with two attached hydrogens (primary N) is 1. The highest BCUT2D eigenvalue weighted by atomic mass is 16.5. The third kappa shape index (κ3) is 2.32. The summed E-state index contributed by atoms with van der Waals surface area (Å²) in [6.45, 7) is 5.03. The van der Waals surface area contributed by atoms with E-state index in [4.69, 9.17) is 10.5 Å². The van der Waals surface area contributed by atoms with Crippen LogP contribution in [0.3, 0.4) is 0 Å². The second-order valence-electron chi connectivity index (χ2n) is 6.33. The van der Waals surface area contributed by atoms with E-state index in [1.165, 1.54) is 11.1 Å². The molecule has 104 valence electrons. The predicted octanol–water partition coefficient (Wildman–Crippen LogP) is 3.85. The largest absolute Gasteiger partial charge is 0.489 e. The van der Waals surface area contributed by atoms with Crippen molar-refractivity contribution in [2.45, 2.75) is 32.4 Å². The Balaban J connectivity index is 1.66. The predicted molar refractivity (Wildman–Crippen MR) is 81.5 cm³/mol. The fourth-order valence-electron chi connectivity index (χ4n) is 2.74. The van der Waals surface area contributed by atoms with Crippen LogP contribution in [0, 0.1) is 5.41 Å². The van der Waals surface area contributed by atoms with Gasteiger partial charge in [0.1, 0.15) is 12.4 Å². The van der Waals surface area contributed by atoms with Gasteiger partial charge in [0.2, 0.25) is 0 Å². The van der Waals surface area contributed by atoms with Gasteiger partial charge in [0, 0.05) is 5.54 Å². The highest BCUT2D eigenvalue weighted by Gasteiger charge is 2.59. The fourth-order valence-corrected chi connectivity index (χ4v) is 2.74. The third-order valence-corrected chi connectivity index (χ3v) is 4.42. The minimum absolute atomic E-state index is 0.162. The average molecular weight is 267 g/mol. The van der Waals surface area contributed by atoms with Gasteiger partial charge in [0.25, 0.3) is 0 Å². The van der Waals surface area contributed by atoms with Crippen molar-refractivity contribution in [3.8, 4) is 5.75 Å². The molecule has 0 heterocycles. The maximum Gasteiger partial charge on any atom is 0.119 e. The summed E-state index contributed by atoms with van der Waals surface area (Å²) in [4.78, 5) is 0. The van der Waals surface area contributed by atoms with Gasteiger partial charge >= 0.3 is 0 Å². The average Bonchev–Trinajstić information content (AvgIpc) is 2.98. The highest BCUT2D eigenvalue weighted by Crippen LogP contribution is 2.60. The number of hydrogen-bond donors (Lipinski definition) is 1. The second kappa shape index (κ2) is 4.64. The molecule has 1 aliphatic carbocycles. The van der Waals surface area contributed by atoms with Crippen LogP contribution in [-0.4, -0.2) is 0 Å². The Labute approximate surface area is 120 Å². The van der Waals surface area contributed by atoms with E-state index >= 15 is 0 Å². The Morgan fingerprint density at radius 2 is 1.60 bits per heavy atom. The summed E-state index contributed by atoms with van der Waals surface area (Å²) in [7, 11) is 0. The molecule has 0 amide bonds. The minimum atomic E-state index is -0.162. The molecular formula is C18H21NO. The molecule has 20 heavy (non-hydrogen) atoms. The smallest absolute Gasteiger partial charge is 0.119 e. The lowest BCUT2D eigenvalue weighted by atomic mass is 9.97. The molecule has 0 aromatic heterocycles. The molecule has 2 N–H and O–H groups in total. The summed E-state index contributed by atoms with van der Waals surface area (Å²) in [6, 6.07) is 18.4. The maximum atomic E-state index is 6.42. The molecule has 0 radical (unpaired) electrons. The van der Waals surface area contributed by atoms with Gasteiger partial charge in [0.05, 0.1) is 0 Å². The number of ether oxygens (including phenoxy) is 1. The van der Waals surface area contributed by atoms with Crippen molar-refractivity contribution < 1.29 is 4.74 Å². The molecule has 0 aliphatic heterocycles. The Morgan fingerprint density at radius 3 is 2.15 bits per heavy atom. The lowest BCUT2D eigenvalue weighted by Gasteiger charge is -2.16. The van der Waals surface area contributed by atoms with Crippen LogP contribution in [-0.2, 0) is 12.1 Å².